The molecular weight excluding hydrogens is 240 g/mol. The highest BCUT2D eigenvalue weighted by Crippen LogP contribution is 2.23. The van der Waals surface area contributed by atoms with E-state index in [4.69, 9.17) is 5.11 Å². The van der Waals surface area contributed by atoms with Crippen LogP contribution >= 0.6 is 0 Å². The lowest BCUT2D eigenvalue weighted by molar-refractivity contribution is 0.0691. The van der Waals surface area contributed by atoms with Crippen molar-refractivity contribution in [2.24, 2.45) is 5.92 Å². The standard InChI is InChI=1S/C15H18N2O2/c1-3-10(2)9-16-14-12-7-5-4-6-11(12)8-13(17-14)15(18)19/h4-8,10H,3,9H2,1-2H3,(H,16,17)(H,18,19). The summed E-state index contributed by atoms with van der Waals surface area (Å²) in [5, 5.41) is 14.2. The van der Waals surface area contributed by atoms with Crippen molar-refractivity contribution >= 4 is 22.6 Å². The van der Waals surface area contributed by atoms with E-state index in [0.717, 1.165) is 23.7 Å². The first kappa shape index (κ1) is 13.3. The van der Waals surface area contributed by atoms with E-state index >= 15 is 0 Å². The molecule has 2 aromatic rings. The Kier molecular flexibility index (Phi) is 4.00. The molecule has 1 aromatic heterocycles. The van der Waals surface area contributed by atoms with Gasteiger partial charge in [-0.2, -0.15) is 0 Å². The predicted octanol–water partition coefficient (Wildman–Crippen LogP) is 3.39. The molecule has 0 spiro atoms. The number of nitrogens with one attached hydrogen (secondary N) is 1. The van der Waals surface area contributed by atoms with E-state index in [1.807, 2.05) is 24.3 Å². The first-order chi connectivity index (χ1) is 9.11. The van der Waals surface area contributed by atoms with Crippen LogP contribution in [0.25, 0.3) is 10.8 Å². The Hall–Kier alpha value is -2.10. The third-order valence-corrected chi connectivity index (χ3v) is 3.27. The van der Waals surface area contributed by atoms with E-state index in [1.165, 1.54) is 0 Å². The molecule has 0 saturated carbocycles. The molecule has 1 aromatic carbocycles. The van der Waals surface area contributed by atoms with Crippen LogP contribution in [-0.2, 0) is 0 Å². The maximum atomic E-state index is 11.1. The van der Waals surface area contributed by atoms with Crippen molar-refractivity contribution in [3.63, 3.8) is 0 Å². The van der Waals surface area contributed by atoms with E-state index in [1.54, 1.807) is 6.07 Å². The van der Waals surface area contributed by atoms with Crippen LogP contribution in [0.2, 0.25) is 0 Å². The predicted molar refractivity (Wildman–Crippen MR) is 76.6 cm³/mol. The van der Waals surface area contributed by atoms with Gasteiger partial charge in [-0.25, -0.2) is 9.78 Å². The van der Waals surface area contributed by atoms with Crippen molar-refractivity contribution in [1.29, 1.82) is 0 Å². The van der Waals surface area contributed by atoms with Crippen LogP contribution in [0, 0.1) is 5.92 Å². The Morgan fingerprint density at radius 2 is 2.16 bits per heavy atom. The molecule has 1 unspecified atom stereocenters. The van der Waals surface area contributed by atoms with Crippen LogP contribution in [-0.4, -0.2) is 22.6 Å². The summed E-state index contributed by atoms with van der Waals surface area (Å²) in [7, 11) is 0. The highest BCUT2D eigenvalue weighted by atomic mass is 16.4. The van der Waals surface area contributed by atoms with E-state index in [2.05, 4.69) is 24.1 Å². The van der Waals surface area contributed by atoms with Gasteiger partial charge < -0.3 is 10.4 Å². The number of hydrogen-bond acceptors (Lipinski definition) is 3. The van der Waals surface area contributed by atoms with Crippen molar-refractivity contribution in [3.8, 4) is 0 Å². The second-order valence-corrected chi connectivity index (χ2v) is 4.78. The minimum Gasteiger partial charge on any atom is -0.477 e. The highest BCUT2D eigenvalue weighted by molar-refractivity contribution is 5.97. The molecule has 4 nitrogen and oxygen atoms in total. The van der Waals surface area contributed by atoms with Gasteiger partial charge in [0, 0.05) is 11.9 Å². The number of carboxylic acids is 1. The van der Waals surface area contributed by atoms with Gasteiger partial charge in [-0.05, 0) is 17.4 Å². The molecule has 4 heteroatoms. The fraction of sp³-hybridized carbons (Fsp3) is 0.333. The van der Waals surface area contributed by atoms with E-state index in [0.29, 0.717) is 11.7 Å². The van der Waals surface area contributed by atoms with Crippen molar-refractivity contribution < 1.29 is 9.90 Å². The van der Waals surface area contributed by atoms with Gasteiger partial charge in [0.1, 0.15) is 5.82 Å². The van der Waals surface area contributed by atoms with Gasteiger partial charge in [0.25, 0.3) is 0 Å². The third kappa shape index (κ3) is 3.02. The number of anilines is 1. The van der Waals surface area contributed by atoms with Gasteiger partial charge in [0.05, 0.1) is 0 Å². The third-order valence-electron chi connectivity index (χ3n) is 3.27. The molecule has 19 heavy (non-hydrogen) atoms. The summed E-state index contributed by atoms with van der Waals surface area (Å²) in [6, 6.07) is 9.28. The second kappa shape index (κ2) is 5.69. The molecule has 1 atom stereocenters. The van der Waals surface area contributed by atoms with Gasteiger partial charge in [0.15, 0.2) is 5.69 Å². The number of carbonyl (C=O) groups is 1. The minimum absolute atomic E-state index is 0.0744. The molecule has 0 fully saturated rings. The minimum atomic E-state index is -1.00. The summed E-state index contributed by atoms with van der Waals surface area (Å²) in [4.78, 5) is 15.3. The number of fused-ring (bicyclic) bond motifs is 1. The molecule has 0 bridgehead atoms. The van der Waals surface area contributed by atoms with Crippen LogP contribution in [0.4, 0.5) is 5.82 Å². The van der Waals surface area contributed by atoms with Crippen molar-refractivity contribution in [1.82, 2.24) is 4.98 Å². The van der Waals surface area contributed by atoms with Crippen molar-refractivity contribution in [2.45, 2.75) is 20.3 Å². The van der Waals surface area contributed by atoms with Gasteiger partial charge in [-0.3, -0.25) is 0 Å². The van der Waals surface area contributed by atoms with Crippen LogP contribution < -0.4 is 5.32 Å². The lowest BCUT2D eigenvalue weighted by Gasteiger charge is -2.13. The number of rotatable bonds is 5. The zero-order chi connectivity index (χ0) is 13.8. The molecule has 0 aliphatic heterocycles. The van der Waals surface area contributed by atoms with Crippen molar-refractivity contribution in [3.05, 3.63) is 36.0 Å². The summed E-state index contributed by atoms with van der Waals surface area (Å²) in [5.41, 5.74) is 0.0744. The van der Waals surface area contributed by atoms with Crippen LogP contribution in [0.3, 0.4) is 0 Å². The number of aromatic nitrogens is 1. The van der Waals surface area contributed by atoms with Gasteiger partial charge in [-0.1, -0.05) is 44.5 Å². The quantitative estimate of drug-likeness (QED) is 0.863. The molecule has 0 aliphatic carbocycles. The first-order valence-corrected chi connectivity index (χ1v) is 6.48. The second-order valence-electron chi connectivity index (χ2n) is 4.78. The molecule has 0 radical (unpaired) electrons. The monoisotopic (exact) mass is 258 g/mol. The maximum absolute atomic E-state index is 11.1. The van der Waals surface area contributed by atoms with Crippen LogP contribution in [0.1, 0.15) is 30.8 Å². The van der Waals surface area contributed by atoms with Gasteiger partial charge in [-0.15, -0.1) is 0 Å². The molecule has 2 rings (SSSR count). The van der Waals surface area contributed by atoms with Gasteiger partial charge >= 0.3 is 5.97 Å². The van der Waals surface area contributed by atoms with Crippen molar-refractivity contribution in [2.75, 3.05) is 11.9 Å². The summed E-state index contributed by atoms with van der Waals surface area (Å²) in [6.45, 7) is 5.07. The fourth-order valence-corrected chi connectivity index (χ4v) is 1.86. The maximum Gasteiger partial charge on any atom is 0.354 e. The topological polar surface area (TPSA) is 62.2 Å². The first-order valence-electron chi connectivity index (χ1n) is 6.48. The molecule has 0 aliphatic rings. The SMILES string of the molecule is CCC(C)CNc1nc(C(=O)O)cc2ccccc12. The lowest BCUT2D eigenvalue weighted by atomic mass is 10.1. The summed E-state index contributed by atoms with van der Waals surface area (Å²) in [5.74, 6) is 0.169. The number of hydrogen-bond donors (Lipinski definition) is 2. The highest BCUT2D eigenvalue weighted by Gasteiger charge is 2.11. The summed E-state index contributed by atoms with van der Waals surface area (Å²) >= 11 is 0. The fourth-order valence-electron chi connectivity index (χ4n) is 1.86. The number of benzene rings is 1. The molecule has 0 saturated heterocycles. The molecule has 0 amide bonds. The summed E-state index contributed by atoms with van der Waals surface area (Å²) < 4.78 is 0. The van der Waals surface area contributed by atoms with E-state index in [9.17, 15) is 4.79 Å². The van der Waals surface area contributed by atoms with Crippen LogP contribution in [0.5, 0.6) is 0 Å². The number of nitrogens with zero attached hydrogens (tertiary/aromatic N) is 1. The lowest BCUT2D eigenvalue weighted by Crippen LogP contribution is -2.13. The number of aromatic carboxylic acids is 1. The molecule has 100 valence electrons. The Morgan fingerprint density at radius 3 is 2.84 bits per heavy atom. The average Bonchev–Trinajstić information content (AvgIpc) is 2.43. The smallest absolute Gasteiger partial charge is 0.354 e. The Balaban J connectivity index is 2.41. The molecule has 2 N–H and O–H groups in total. The average molecular weight is 258 g/mol. The Morgan fingerprint density at radius 1 is 1.42 bits per heavy atom. The molecule has 1 heterocycles. The van der Waals surface area contributed by atoms with E-state index in [-0.39, 0.29) is 5.69 Å². The van der Waals surface area contributed by atoms with Crippen LogP contribution in [0.15, 0.2) is 30.3 Å². The number of carboxylic acid groups (broad SMARTS) is 1. The zero-order valence-corrected chi connectivity index (χ0v) is 11.2. The largest absolute Gasteiger partial charge is 0.477 e. The van der Waals surface area contributed by atoms with Gasteiger partial charge in [0.2, 0.25) is 0 Å². The zero-order valence-electron chi connectivity index (χ0n) is 11.2. The molecular formula is C15H18N2O2. The Labute approximate surface area is 112 Å². The number of pyridine rings is 1. The normalized spacial score (nSPS) is 12.3. The Bertz CT molecular complexity index is 596. The van der Waals surface area contributed by atoms with E-state index < -0.39 is 5.97 Å². The summed E-state index contributed by atoms with van der Waals surface area (Å²) in [6.07, 6.45) is 1.07.